The summed E-state index contributed by atoms with van der Waals surface area (Å²) in [4.78, 5) is 0. The zero-order chi connectivity index (χ0) is 8.39. The molecule has 0 unspecified atom stereocenters. The van der Waals surface area contributed by atoms with Crippen molar-refractivity contribution in [1.29, 1.82) is 0 Å². The summed E-state index contributed by atoms with van der Waals surface area (Å²) in [6.07, 6.45) is 0. The minimum atomic E-state index is 0.348. The molecule has 0 amide bonds. The number of nitrogens with two attached hydrogens (primary N) is 1. The molecule has 0 bridgehead atoms. The number of fused-ring (bicyclic) bond motifs is 1. The Morgan fingerprint density at radius 1 is 1.42 bits per heavy atom. The summed E-state index contributed by atoms with van der Waals surface area (Å²) in [5.41, 5.74) is 7.69. The molecule has 0 spiro atoms. The fourth-order valence-corrected chi connectivity index (χ4v) is 1.24. The minimum Gasteiger partial charge on any atom is -0.467 e. The zero-order valence-electron chi connectivity index (χ0n) is 6.75. The molecular formula is C9H11NO2. The highest BCUT2D eigenvalue weighted by molar-refractivity contribution is 5.37. The van der Waals surface area contributed by atoms with Crippen LogP contribution in [0.3, 0.4) is 0 Å². The first-order chi connectivity index (χ1) is 5.90. The smallest absolute Gasteiger partial charge is 0.189 e. The first-order valence-electron chi connectivity index (χ1n) is 3.92. The molecule has 1 heterocycles. The van der Waals surface area contributed by atoms with Crippen molar-refractivity contribution in [3.63, 3.8) is 0 Å². The molecule has 0 saturated heterocycles. The topological polar surface area (TPSA) is 44.5 Å². The first-order valence-corrected chi connectivity index (χ1v) is 3.92. The van der Waals surface area contributed by atoms with Gasteiger partial charge >= 0.3 is 0 Å². The van der Waals surface area contributed by atoms with Gasteiger partial charge in [0.1, 0.15) is 5.75 Å². The summed E-state index contributed by atoms with van der Waals surface area (Å²) in [7, 11) is 0. The van der Waals surface area contributed by atoms with E-state index in [0.29, 0.717) is 19.9 Å². The Morgan fingerprint density at radius 2 is 2.33 bits per heavy atom. The lowest BCUT2D eigenvalue weighted by Crippen LogP contribution is -2.11. The van der Waals surface area contributed by atoms with Gasteiger partial charge in [-0.05, 0) is 11.6 Å². The van der Waals surface area contributed by atoms with Gasteiger partial charge in [-0.1, -0.05) is 12.1 Å². The van der Waals surface area contributed by atoms with Crippen LogP contribution in [0.25, 0.3) is 0 Å². The van der Waals surface area contributed by atoms with Crippen LogP contribution in [-0.4, -0.2) is 6.79 Å². The molecule has 0 radical (unpaired) electrons. The summed E-state index contributed by atoms with van der Waals surface area (Å²) in [5, 5.41) is 0. The number of rotatable bonds is 1. The lowest BCUT2D eigenvalue weighted by molar-refractivity contribution is -0.0164. The van der Waals surface area contributed by atoms with Crippen LogP contribution in [0, 0.1) is 0 Å². The number of hydrogen-bond donors (Lipinski definition) is 1. The maximum atomic E-state index is 5.50. The Balaban J connectivity index is 2.36. The van der Waals surface area contributed by atoms with Crippen LogP contribution in [0.15, 0.2) is 18.2 Å². The fraction of sp³-hybridized carbons (Fsp3) is 0.333. The van der Waals surface area contributed by atoms with Crippen molar-refractivity contribution in [3.8, 4) is 5.75 Å². The molecule has 2 rings (SSSR count). The highest BCUT2D eigenvalue weighted by Crippen LogP contribution is 2.24. The fourth-order valence-electron chi connectivity index (χ4n) is 1.24. The van der Waals surface area contributed by atoms with Crippen LogP contribution in [0.5, 0.6) is 5.75 Å². The molecule has 1 aromatic rings. The Kier molecular flexibility index (Phi) is 1.98. The molecule has 3 heteroatoms. The lowest BCUT2D eigenvalue weighted by atomic mass is 10.1. The van der Waals surface area contributed by atoms with Crippen molar-refractivity contribution < 1.29 is 9.47 Å². The van der Waals surface area contributed by atoms with Crippen LogP contribution in [0.4, 0.5) is 0 Å². The molecule has 64 valence electrons. The summed E-state index contributed by atoms with van der Waals surface area (Å²) in [6.45, 7) is 1.54. The van der Waals surface area contributed by atoms with Crippen LogP contribution < -0.4 is 10.5 Å². The molecular weight excluding hydrogens is 154 g/mol. The SMILES string of the molecule is NCc1ccc2c(c1)OCOC2. The van der Waals surface area contributed by atoms with Gasteiger partial charge in [0.2, 0.25) is 0 Å². The Bertz CT molecular complexity index is 286. The Hall–Kier alpha value is -1.06. The molecule has 3 nitrogen and oxygen atoms in total. The third-order valence-corrected chi connectivity index (χ3v) is 1.92. The highest BCUT2D eigenvalue weighted by Gasteiger charge is 2.09. The average Bonchev–Trinajstić information content (AvgIpc) is 2.17. The molecule has 1 aliphatic rings. The second kappa shape index (κ2) is 3.13. The van der Waals surface area contributed by atoms with Crippen molar-refractivity contribution in [2.45, 2.75) is 13.2 Å². The predicted octanol–water partition coefficient (Wildman–Crippen LogP) is 1.01. The van der Waals surface area contributed by atoms with E-state index in [1.807, 2.05) is 18.2 Å². The molecule has 0 aliphatic carbocycles. The van der Waals surface area contributed by atoms with Gasteiger partial charge in [0.25, 0.3) is 0 Å². The molecule has 0 saturated carbocycles. The van der Waals surface area contributed by atoms with Crippen molar-refractivity contribution >= 4 is 0 Å². The van der Waals surface area contributed by atoms with Crippen molar-refractivity contribution in [2.24, 2.45) is 5.73 Å². The van der Waals surface area contributed by atoms with Crippen LogP contribution in [-0.2, 0) is 17.9 Å². The summed E-state index contributed by atoms with van der Waals surface area (Å²) in [5.74, 6) is 0.907. The van der Waals surface area contributed by atoms with Gasteiger partial charge in [-0.25, -0.2) is 0 Å². The Morgan fingerprint density at radius 3 is 3.17 bits per heavy atom. The molecule has 12 heavy (non-hydrogen) atoms. The van der Waals surface area contributed by atoms with Crippen molar-refractivity contribution in [1.82, 2.24) is 0 Å². The standard InChI is InChI=1S/C9H11NO2/c10-4-7-1-2-8-5-11-6-12-9(8)3-7/h1-3H,4-6,10H2. The van der Waals surface area contributed by atoms with Gasteiger partial charge in [0, 0.05) is 12.1 Å². The number of hydrogen-bond acceptors (Lipinski definition) is 3. The quantitative estimate of drug-likeness (QED) is 0.675. The maximum absolute atomic E-state index is 5.50. The van der Waals surface area contributed by atoms with Gasteiger partial charge in [0.15, 0.2) is 6.79 Å². The minimum absolute atomic E-state index is 0.348. The van der Waals surface area contributed by atoms with Gasteiger partial charge in [-0.3, -0.25) is 0 Å². The Labute approximate surface area is 71.1 Å². The third kappa shape index (κ3) is 1.29. The number of ether oxygens (including phenoxy) is 2. The lowest BCUT2D eigenvalue weighted by Gasteiger charge is -2.17. The highest BCUT2D eigenvalue weighted by atomic mass is 16.7. The average molecular weight is 165 g/mol. The van der Waals surface area contributed by atoms with Crippen LogP contribution >= 0.6 is 0 Å². The van der Waals surface area contributed by atoms with E-state index in [1.165, 1.54) is 0 Å². The van der Waals surface area contributed by atoms with Gasteiger partial charge in [-0.15, -0.1) is 0 Å². The van der Waals surface area contributed by atoms with E-state index in [9.17, 15) is 0 Å². The normalized spacial score (nSPS) is 15.1. The van der Waals surface area contributed by atoms with E-state index in [2.05, 4.69) is 0 Å². The molecule has 0 atom stereocenters. The van der Waals surface area contributed by atoms with Gasteiger partial charge in [-0.2, -0.15) is 0 Å². The first kappa shape index (κ1) is 7.58. The van der Waals surface area contributed by atoms with E-state index in [-0.39, 0.29) is 0 Å². The van der Waals surface area contributed by atoms with Gasteiger partial charge in [0.05, 0.1) is 6.61 Å². The van der Waals surface area contributed by atoms with E-state index in [1.54, 1.807) is 0 Å². The monoisotopic (exact) mass is 165 g/mol. The molecule has 1 aromatic carbocycles. The molecule has 0 aromatic heterocycles. The van der Waals surface area contributed by atoms with E-state index in [4.69, 9.17) is 15.2 Å². The third-order valence-electron chi connectivity index (χ3n) is 1.92. The van der Waals surface area contributed by atoms with E-state index >= 15 is 0 Å². The van der Waals surface area contributed by atoms with Crippen LogP contribution in [0.1, 0.15) is 11.1 Å². The summed E-state index contributed by atoms with van der Waals surface area (Å²) < 4.78 is 10.4. The largest absolute Gasteiger partial charge is 0.467 e. The summed E-state index contributed by atoms with van der Waals surface area (Å²) >= 11 is 0. The van der Waals surface area contributed by atoms with Crippen molar-refractivity contribution in [2.75, 3.05) is 6.79 Å². The second-order valence-electron chi connectivity index (χ2n) is 2.76. The number of benzene rings is 1. The second-order valence-corrected chi connectivity index (χ2v) is 2.76. The molecule has 2 N–H and O–H groups in total. The van der Waals surface area contributed by atoms with E-state index in [0.717, 1.165) is 16.9 Å². The van der Waals surface area contributed by atoms with Crippen LogP contribution in [0.2, 0.25) is 0 Å². The summed E-state index contributed by atoms with van der Waals surface area (Å²) in [6, 6.07) is 5.96. The molecule has 0 fully saturated rings. The predicted molar refractivity (Wildman–Crippen MR) is 44.6 cm³/mol. The van der Waals surface area contributed by atoms with E-state index < -0.39 is 0 Å². The maximum Gasteiger partial charge on any atom is 0.189 e. The molecule has 1 aliphatic heterocycles. The zero-order valence-corrected chi connectivity index (χ0v) is 6.75. The van der Waals surface area contributed by atoms with Crippen molar-refractivity contribution in [3.05, 3.63) is 29.3 Å². The van der Waals surface area contributed by atoms with Gasteiger partial charge < -0.3 is 15.2 Å².